The molecule has 0 spiro atoms. The summed E-state index contributed by atoms with van der Waals surface area (Å²) in [5.74, 6) is -0.779. The average Bonchev–Trinajstić information content (AvgIpc) is 2.94. The molecule has 10 heteroatoms. The predicted molar refractivity (Wildman–Crippen MR) is 159 cm³/mol. The quantitative estimate of drug-likeness (QED) is 0.283. The number of benzene rings is 3. The number of anilines is 1. The molecule has 3 rings (SSSR count). The van der Waals surface area contributed by atoms with Gasteiger partial charge in [0.25, 0.3) is 0 Å². The molecule has 41 heavy (non-hydrogen) atoms. The average molecular weight is 584 g/mol. The van der Waals surface area contributed by atoms with Crippen molar-refractivity contribution in [2.24, 2.45) is 0 Å². The Kier molecular flexibility index (Phi) is 11.7. The highest BCUT2D eigenvalue weighted by Crippen LogP contribution is 2.30. The van der Waals surface area contributed by atoms with Gasteiger partial charge in [-0.05, 0) is 44.0 Å². The molecule has 0 saturated carbocycles. The topological polar surface area (TPSA) is 96.0 Å². The molecule has 1 N–H and O–H groups in total. The minimum Gasteiger partial charge on any atom is -0.492 e. The first kappa shape index (κ1) is 31.6. The Morgan fingerprint density at radius 1 is 0.951 bits per heavy atom. The second-order valence-corrected chi connectivity index (χ2v) is 11.5. The number of amides is 2. The van der Waals surface area contributed by atoms with Crippen molar-refractivity contribution in [3.05, 3.63) is 95.8 Å². The summed E-state index contributed by atoms with van der Waals surface area (Å²) in [6.07, 6.45) is 1.46. The lowest BCUT2D eigenvalue weighted by atomic mass is 10.0. The maximum atomic E-state index is 14.7. The third kappa shape index (κ3) is 9.04. The molecule has 0 heterocycles. The zero-order valence-electron chi connectivity index (χ0n) is 23.8. The van der Waals surface area contributed by atoms with E-state index in [2.05, 4.69) is 5.32 Å². The van der Waals surface area contributed by atoms with E-state index in [1.54, 1.807) is 49.4 Å². The lowest BCUT2D eigenvalue weighted by molar-refractivity contribution is -0.141. The van der Waals surface area contributed by atoms with Crippen LogP contribution in [0.5, 0.6) is 5.75 Å². The molecule has 1 atom stereocenters. The number of sulfonamides is 1. The van der Waals surface area contributed by atoms with Gasteiger partial charge in [0.05, 0.1) is 18.6 Å². The molecule has 0 saturated heterocycles. The number of rotatable bonds is 15. The number of hydrogen-bond acceptors (Lipinski definition) is 5. The fraction of sp³-hybridized carbons (Fsp3) is 0.355. The maximum absolute atomic E-state index is 14.7. The van der Waals surface area contributed by atoms with E-state index < -0.39 is 21.9 Å². The van der Waals surface area contributed by atoms with Gasteiger partial charge in [-0.25, -0.2) is 12.8 Å². The lowest BCUT2D eigenvalue weighted by Gasteiger charge is -2.32. The van der Waals surface area contributed by atoms with E-state index in [1.807, 2.05) is 37.3 Å². The zero-order chi connectivity index (χ0) is 29.8. The summed E-state index contributed by atoms with van der Waals surface area (Å²) in [7, 11) is -3.69. The van der Waals surface area contributed by atoms with E-state index >= 15 is 0 Å². The van der Waals surface area contributed by atoms with E-state index in [0.717, 1.165) is 11.8 Å². The van der Waals surface area contributed by atoms with Gasteiger partial charge < -0.3 is 15.0 Å². The van der Waals surface area contributed by atoms with Crippen molar-refractivity contribution in [2.45, 2.75) is 45.7 Å². The Labute approximate surface area is 242 Å². The number of nitrogens with one attached hydrogen (secondary N) is 1. The molecule has 0 aliphatic carbocycles. The van der Waals surface area contributed by atoms with Crippen molar-refractivity contribution in [1.82, 2.24) is 10.2 Å². The molecule has 0 radical (unpaired) electrons. The van der Waals surface area contributed by atoms with Gasteiger partial charge in [-0.2, -0.15) is 0 Å². The largest absolute Gasteiger partial charge is 0.492 e. The van der Waals surface area contributed by atoms with Crippen LogP contribution in [0.15, 0.2) is 78.9 Å². The minimum absolute atomic E-state index is 0.0205. The maximum Gasteiger partial charge on any atom is 0.243 e. The molecular weight excluding hydrogens is 545 g/mol. The molecule has 0 aliphatic heterocycles. The first-order valence-corrected chi connectivity index (χ1v) is 15.5. The van der Waals surface area contributed by atoms with E-state index in [-0.39, 0.29) is 49.7 Å². The monoisotopic (exact) mass is 583 g/mol. The minimum atomic E-state index is -3.69. The number of para-hydroxylation sites is 2. The van der Waals surface area contributed by atoms with Crippen LogP contribution in [0, 0.1) is 5.82 Å². The van der Waals surface area contributed by atoms with Crippen LogP contribution >= 0.6 is 0 Å². The van der Waals surface area contributed by atoms with Gasteiger partial charge in [0, 0.05) is 38.0 Å². The molecule has 220 valence electrons. The highest BCUT2D eigenvalue weighted by molar-refractivity contribution is 7.92. The first-order valence-electron chi connectivity index (χ1n) is 13.7. The standard InChI is InChI=1S/C31H38FN3O5S/c1-4-33-31(37)28(22-24-14-7-6-8-15-24)34(23-25-16-9-10-17-26(25)32)30(36)20-13-21-35(41(3,38)39)27-18-11-12-19-29(27)40-5-2/h6-12,14-19,28H,4-5,13,20-23H2,1-3H3,(H,33,37). The summed E-state index contributed by atoms with van der Waals surface area (Å²) in [4.78, 5) is 28.4. The second-order valence-electron chi connectivity index (χ2n) is 9.55. The third-order valence-electron chi connectivity index (χ3n) is 6.51. The van der Waals surface area contributed by atoms with Crippen LogP contribution in [-0.4, -0.2) is 57.1 Å². The van der Waals surface area contributed by atoms with Gasteiger partial charge in [-0.3, -0.25) is 13.9 Å². The van der Waals surface area contributed by atoms with Gasteiger partial charge in [0.15, 0.2) is 0 Å². The van der Waals surface area contributed by atoms with E-state index in [0.29, 0.717) is 24.6 Å². The molecule has 0 fully saturated rings. The molecule has 0 bridgehead atoms. The fourth-order valence-electron chi connectivity index (χ4n) is 4.58. The third-order valence-corrected chi connectivity index (χ3v) is 7.69. The molecule has 0 aromatic heterocycles. The van der Waals surface area contributed by atoms with Crippen LogP contribution in [0.25, 0.3) is 0 Å². The highest BCUT2D eigenvalue weighted by atomic mass is 32.2. The Bertz CT molecular complexity index is 1400. The Morgan fingerprint density at radius 2 is 1.61 bits per heavy atom. The summed E-state index contributed by atoms with van der Waals surface area (Å²) in [6.45, 7) is 4.25. The molecule has 2 amide bonds. The number of halogens is 1. The molecule has 0 aliphatic rings. The molecule has 8 nitrogen and oxygen atoms in total. The smallest absolute Gasteiger partial charge is 0.243 e. The van der Waals surface area contributed by atoms with Crippen molar-refractivity contribution < 1.29 is 27.1 Å². The van der Waals surface area contributed by atoms with E-state index in [4.69, 9.17) is 4.74 Å². The molecule has 3 aromatic rings. The van der Waals surface area contributed by atoms with Gasteiger partial charge in [-0.15, -0.1) is 0 Å². The van der Waals surface area contributed by atoms with Gasteiger partial charge in [-0.1, -0.05) is 60.7 Å². The van der Waals surface area contributed by atoms with Gasteiger partial charge in [0.1, 0.15) is 17.6 Å². The lowest BCUT2D eigenvalue weighted by Crippen LogP contribution is -2.50. The summed E-state index contributed by atoms with van der Waals surface area (Å²) in [5.41, 5.74) is 1.52. The Morgan fingerprint density at radius 3 is 2.27 bits per heavy atom. The van der Waals surface area contributed by atoms with Crippen LogP contribution in [0.1, 0.15) is 37.8 Å². The van der Waals surface area contributed by atoms with Crippen molar-refractivity contribution in [3.63, 3.8) is 0 Å². The molecular formula is C31H38FN3O5S. The van der Waals surface area contributed by atoms with Crippen molar-refractivity contribution in [2.75, 3.05) is 30.3 Å². The van der Waals surface area contributed by atoms with E-state index in [1.165, 1.54) is 15.3 Å². The Balaban J connectivity index is 1.88. The molecule has 1 unspecified atom stereocenters. The van der Waals surface area contributed by atoms with Crippen LogP contribution < -0.4 is 14.4 Å². The van der Waals surface area contributed by atoms with Crippen molar-refractivity contribution in [1.29, 1.82) is 0 Å². The number of nitrogens with zero attached hydrogens (tertiary/aromatic N) is 2. The van der Waals surface area contributed by atoms with Crippen LogP contribution in [0.3, 0.4) is 0 Å². The van der Waals surface area contributed by atoms with Crippen LogP contribution in [0.2, 0.25) is 0 Å². The van der Waals surface area contributed by atoms with Gasteiger partial charge >= 0.3 is 0 Å². The molecule has 3 aromatic carbocycles. The predicted octanol–water partition coefficient (Wildman–Crippen LogP) is 4.55. The number of carbonyl (C=O) groups excluding carboxylic acids is 2. The van der Waals surface area contributed by atoms with Gasteiger partial charge in [0.2, 0.25) is 21.8 Å². The van der Waals surface area contributed by atoms with Crippen LogP contribution in [-0.2, 0) is 32.6 Å². The van der Waals surface area contributed by atoms with E-state index in [9.17, 15) is 22.4 Å². The summed E-state index contributed by atoms with van der Waals surface area (Å²) < 4.78 is 47.0. The summed E-state index contributed by atoms with van der Waals surface area (Å²) in [5, 5.41) is 2.81. The fourth-order valence-corrected chi connectivity index (χ4v) is 5.55. The second kappa shape index (κ2) is 15.2. The van der Waals surface area contributed by atoms with Crippen molar-refractivity contribution in [3.8, 4) is 5.75 Å². The number of likely N-dealkylation sites (N-methyl/N-ethyl adjacent to an activating group) is 1. The zero-order valence-corrected chi connectivity index (χ0v) is 24.6. The van der Waals surface area contributed by atoms with Crippen molar-refractivity contribution >= 4 is 27.5 Å². The number of ether oxygens (including phenoxy) is 1. The number of hydrogen-bond donors (Lipinski definition) is 1. The normalized spacial score (nSPS) is 11.9. The summed E-state index contributed by atoms with van der Waals surface area (Å²) >= 11 is 0. The summed E-state index contributed by atoms with van der Waals surface area (Å²) in [6, 6.07) is 21.4. The first-order chi connectivity index (χ1) is 19.7. The van der Waals surface area contributed by atoms with Crippen LogP contribution in [0.4, 0.5) is 10.1 Å². The Hall–Kier alpha value is -3.92. The highest BCUT2D eigenvalue weighted by Gasteiger charge is 2.31. The number of carbonyl (C=O) groups is 2. The SMILES string of the molecule is CCNC(=O)C(Cc1ccccc1)N(Cc1ccccc1F)C(=O)CCCN(c1ccccc1OCC)S(C)(=O)=O.